The molecule has 0 saturated carbocycles. The molecule has 0 spiro atoms. The van der Waals surface area contributed by atoms with E-state index in [4.69, 9.17) is 0 Å². The maximum atomic E-state index is 12.4. The van der Waals surface area contributed by atoms with Crippen LogP contribution in [0, 0.1) is 12.8 Å². The molecule has 2 aromatic rings. The molecule has 1 aliphatic rings. The molecule has 0 radical (unpaired) electrons. The molecule has 1 saturated heterocycles. The summed E-state index contributed by atoms with van der Waals surface area (Å²) in [5.41, 5.74) is 3.30. The van der Waals surface area contributed by atoms with Crippen molar-refractivity contribution in [3.63, 3.8) is 0 Å². The van der Waals surface area contributed by atoms with Gasteiger partial charge in [0.1, 0.15) is 0 Å². The zero-order valence-electron chi connectivity index (χ0n) is 15.6. The maximum absolute atomic E-state index is 12.4. The Hall–Kier alpha value is -1.69. The number of aryl methyl sites for hydroxylation is 1. The predicted molar refractivity (Wildman–Crippen MR) is 105 cm³/mol. The molecule has 2 aromatic carbocycles. The molecule has 0 bridgehead atoms. The molecular formula is C21H28N2O2S. The zero-order valence-corrected chi connectivity index (χ0v) is 16.4. The summed E-state index contributed by atoms with van der Waals surface area (Å²) in [4.78, 5) is 2.80. The summed E-state index contributed by atoms with van der Waals surface area (Å²) in [7, 11) is -3.47. The van der Waals surface area contributed by atoms with Crippen molar-refractivity contribution in [3.8, 4) is 0 Å². The van der Waals surface area contributed by atoms with Gasteiger partial charge < -0.3 is 0 Å². The number of hydrogen-bond donors (Lipinski definition) is 1. The van der Waals surface area contributed by atoms with E-state index >= 15 is 0 Å². The van der Waals surface area contributed by atoms with Gasteiger partial charge in [0, 0.05) is 13.1 Å². The van der Waals surface area contributed by atoms with Crippen LogP contribution in [-0.4, -0.2) is 26.4 Å². The van der Waals surface area contributed by atoms with E-state index in [2.05, 4.69) is 28.7 Å². The summed E-state index contributed by atoms with van der Waals surface area (Å²) < 4.78 is 27.4. The molecule has 5 heteroatoms. The fraction of sp³-hybridized carbons (Fsp3) is 0.429. The van der Waals surface area contributed by atoms with E-state index in [1.54, 1.807) is 12.1 Å². The Morgan fingerprint density at radius 3 is 2.15 bits per heavy atom. The van der Waals surface area contributed by atoms with E-state index in [0.29, 0.717) is 11.4 Å². The maximum Gasteiger partial charge on any atom is 0.240 e. The molecule has 0 unspecified atom stereocenters. The van der Waals surface area contributed by atoms with Crippen LogP contribution in [0.1, 0.15) is 36.5 Å². The monoisotopic (exact) mass is 372 g/mol. The van der Waals surface area contributed by atoms with Crippen molar-refractivity contribution < 1.29 is 8.42 Å². The van der Waals surface area contributed by atoms with Crippen LogP contribution in [0.4, 0.5) is 0 Å². The molecular weight excluding hydrogens is 344 g/mol. The molecule has 0 aliphatic carbocycles. The molecule has 0 atom stereocenters. The minimum Gasteiger partial charge on any atom is -0.299 e. The van der Waals surface area contributed by atoms with Crippen molar-refractivity contribution in [1.29, 1.82) is 0 Å². The summed E-state index contributed by atoms with van der Waals surface area (Å²) in [6.07, 6.45) is 2.55. The van der Waals surface area contributed by atoms with E-state index < -0.39 is 10.0 Å². The highest BCUT2D eigenvalue weighted by atomic mass is 32.2. The number of benzene rings is 2. The fourth-order valence-corrected chi connectivity index (χ4v) is 4.24. The topological polar surface area (TPSA) is 49.4 Å². The summed E-state index contributed by atoms with van der Waals surface area (Å²) in [6, 6.07) is 15.1. The van der Waals surface area contributed by atoms with Gasteiger partial charge in [0.2, 0.25) is 10.0 Å². The lowest BCUT2D eigenvalue weighted by Crippen LogP contribution is -2.32. The van der Waals surface area contributed by atoms with Gasteiger partial charge >= 0.3 is 0 Å². The van der Waals surface area contributed by atoms with Crippen LogP contribution >= 0.6 is 0 Å². The number of piperidine rings is 1. The molecule has 1 heterocycles. The van der Waals surface area contributed by atoms with Gasteiger partial charge in [-0.25, -0.2) is 13.1 Å². The highest BCUT2D eigenvalue weighted by molar-refractivity contribution is 7.89. The van der Waals surface area contributed by atoms with E-state index in [1.807, 2.05) is 31.2 Å². The second-order valence-corrected chi connectivity index (χ2v) is 9.18. The van der Waals surface area contributed by atoms with Gasteiger partial charge in [-0.3, -0.25) is 4.90 Å². The summed E-state index contributed by atoms with van der Waals surface area (Å²) in [6.45, 7) is 7.87. The van der Waals surface area contributed by atoms with Crippen molar-refractivity contribution in [1.82, 2.24) is 9.62 Å². The van der Waals surface area contributed by atoms with Crippen LogP contribution in [0.5, 0.6) is 0 Å². The van der Waals surface area contributed by atoms with Crippen molar-refractivity contribution in [2.45, 2.75) is 44.7 Å². The molecule has 1 aliphatic heterocycles. The smallest absolute Gasteiger partial charge is 0.240 e. The first-order valence-corrected chi connectivity index (χ1v) is 10.8. The molecule has 26 heavy (non-hydrogen) atoms. The SMILES string of the molecule is Cc1ccc(S(=O)(=O)NCc2ccc(CN3CCC(C)CC3)cc2)cc1. The normalized spacial score (nSPS) is 16.7. The number of rotatable bonds is 6. The number of nitrogens with zero attached hydrogens (tertiary/aromatic N) is 1. The Labute approximate surface area is 157 Å². The standard InChI is InChI=1S/C21H28N2O2S/c1-17-3-9-21(10-4-17)26(24,25)22-15-19-5-7-20(8-6-19)16-23-13-11-18(2)12-14-23/h3-10,18,22H,11-16H2,1-2H3. The van der Waals surface area contributed by atoms with Gasteiger partial charge in [0.25, 0.3) is 0 Å². The first-order chi connectivity index (χ1) is 12.4. The minimum atomic E-state index is -3.47. The average molecular weight is 373 g/mol. The van der Waals surface area contributed by atoms with Crippen LogP contribution in [0.15, 0.2) is 53.4 Å². The second-order valence-electron chi connectivity index (χ2n) is 7.41. The lowest BCUT2D eigenvalue weighted by molar-refractivity contribution is 0.185. The van der Waals surface area contributed by atoms with Crippen molar-refractivity contribution in [2.24, 2.45) is 5.92 Å². The molecule has 3 rings (SSSR count). The van der Waals surface area contributed by atoms with Gasteiger partial charge in [-0.1, -0.05) is 48.9 Å². The quantitative estimate of drug-likeness (QED) is 0.841. The van der Waals surface area contributed by atoms with Crippen LogP contribution in [-0.2, 0) is 23.1 Å². The van der Waals surface area contributed by atoms with Gasteiger partial charge in [-0.15, -0.1) is 0 Å². The van der Waals surface area contributed by atoms with E-state index in [9.17, 15) is 8.42 Å². The van der Waals surface area contributed by atoms with Crippen molar-refractivity contribution in [2.75, 3.05) is 13.1 Å². The Balaban J connectivity index is 1.55. The van der Waals surface area contributed by atoms with Crippen molar-refractivity contribution in [3.05, 3.63) is 65.2 Å². The van der Waals surface area contributed by atoms with E-state index in [-0.39, 0.29) is 0 Å². The average Bonchev–Trinajstić information content (AvgIpc) is 2.63. The Morgan fingerprint density at radius 2 is 1.54 bits per heavy atom. The molecule has 1 fully saturated rings. The number of sulfonamides is 1. The van der Waals surface area contributed by atoms with Crippen LogP contribution in [0.2, 0.25) is 0 Å². The number of nitrogens with one attached hydrogen (secondary N) is 1. The van der Waals surface area contributed by atoms with E-state index in [0.717, 1.165) is 23.6 Å². The van der Waals surface area contributed by atoms with Crippen LogP contribution in [0.25, 0.3) is 0 Å². The Kier molecular flexibility index (Phi) is 6.12. The zero-order chi connectivity index (χ0) is 18.6. The largest absolute Gasteiger partial charge is 0.299 e. The third-order valence-corrected chi connectivity index (χ3v) is 6.52. The third kappa shape index (κ3) is 5.16. The number of likely N-dealkylation sites (tertiary alicyclic amines) is 1. The van der Waals surface area contributed by atoms with Gasteiger partial charge in [-0.2, -0.15) is 0 Å². The first-order valence-electron chi connectivity index (χ1n) is 9.29. The van der Waals surface area contributed by atoms with Gasteiger partial charge in [0.05, 0.1) is 4.90 Å². The van der Waals surface area contributed by atoms with Gasteiger partial charge in [0.15, 0.2) is 0 Å². The number of hydrogen-bond acceptors (Lipinski definition) is 3. The van der Waals surface area contributed by atoms with E-state index in [1.165, 1.54) is 31.5 Å². The molecule has 1 N–H and O–H groups in total. The minimum absolute atomic E-state index is 0.303. The molecule has 4 nitrogen and oxygen atoms in total. The highest BCUT2D eigenvalue weighted by Crippen LogP contribution is 2.18. The third-order valence-electron chi connectivity index (χ3n) is 5.10. The Morgan fingerprint density at radius 1 is 0.962 bits per heavy atom. The summed E-state index contributed by atoms with van der Waals surface area (Å²) in [5.74, 6) is 0.843. The lowest BCUT2D eigenvalue weighted by atomic mass is 9.99. The van der Waals surface area contributed by atoms with Crippen LogP contribution in [0.3, 0.4) is 0 Å². The van der Waals surface area contributed by atoms with Crippen LogP contribution < -0.4 is 4.72 Å². The first kappa shape index (κ1) is 19.1. The fourth-order valence-electron chi connectivity index (χ4n) is 3.22. The summed E-state index contributed by atoms with van der Waals surface area (Å²) in [5, 5.41) is 0. The second kappa shape index (κ2) is 8.33. The summed E-state index contributed by atoms with van der Waals surface area (Å²) >= 11 is 0. The predicted octanol–water partition coefficient (Wildman–Crippen LogP) is 3.71. The molecule has 0 amide bonds. The lowest BCUT2D eigenvalue weighted by Gasteiger charge is -2.30. The Bertz CT molecular complexity index is 806. The van der Waals surface area contributed by atoms with Gasteiger partial charge in [-0.05, 0) is 62.0 Å². The highest BCUT2D eigenvalue weighted by Gasteiger charge is 2.16. The molecule has 0 aromatic heterocycles. The molecule has 140 valence electrons. The van der Waals surface area contributed by atoms with Crippen molar-refractivity contribution >= 4 is 10.0 Å².